The number of pyridine rings is 1. The molecule has 2 aromatic rings. The lowest BCUT2D eigenvalue weighted by molar-refractivity contribution is -0.398. The second-order valence-electron chi connectivity index (χ2n) is 6.19. The Hall–Kier alpha value is -2.22. The predicted octanol–water partition coefficient (Wildman–Crippen LogP) is 6.13. The lowest BCUT2D eigenvalue weighted by atomic mass is 10.0. The van der Waals surface area contributed by atoms with Gasteiger partial charge in [0.25, 0.3) is 5.91 Å². The van der Waals surface area contributed by atoms with Crippen LogP contribution >= 0.6 is 27.5 Å². The van der Waals surface area contributed by atoms with Crippen molar-refractivity contribution in [3.63, 3.8) is 0 Å². The number of aromatic nitrogens is 1. The summed E-state index contributed by atoms with van der Waals surface area (Å²) in [5.74, 6) is -21.8. The van der Waals surface area contributed by atoms with E-state index in [0.717, 1.165) is 36.5 Å². The molecule has 0 bridgehead atoms. The van der Waals surface area contributed by atoms with E-state index in [1.807, 2.05) is 0 Å². The minimum Gasteiger partial charge on any atom is -0.360 e. The van der Waals surface area contributed by atoms with Gasteiger partial charge >= 0.3 is 23.9 Å². The van der Waals surface area contributed by atoms with E-state index in [0.29, 0.717) is 4.47 Å². The Bertz CT molecular complexity index is 953. The van der Waals surface area contributed by atoms with Crippen LogP contribution < -0.4 is 10.6 Å². The number of alkyl halides is 9. The molecule has 0 aliphatic heterocycles. The number of carbonyl (C=O) groups excluding carboxylic acids is 1. The third-order valence-electron chi connectivity index (χ3n) is 3.92. The molecule has 0 spiro atoms. The monoisotopic (exact) mass is 557 g/mol. The highest BCUT2D eigenvalue weighted by atomic mass is 79.9. The summed E-state index contributed by atoms with van der Waals surface area (Å²) in [6.07, 6.45) is -9.41. The summed E-state index contributed by atoms with van der Waals surface area (Å²) in [6, 6.07) is 6.22. The third-order valence-corrected chi connectivity index (χ3v) is 4.64. The van der Waals surface area contributed by atoms with Crippen LogP contribution in [0.15, 0.2) is 47.1 Å². The zero-order valence-corrected chi connectivity index (χ0v) is 17.5. The van der Waals surface area contributed by atoms with Crippen molar-refractivity contribution in [2.75, 3.05) is 5.32 Å². The maximum absolute atomic E-state index is 14.5. The molecular weight excluding hydrogens is 549 g/mol. The number of halogens is 11. The predicted molar refractivity (Wildman–Crippen MR) is 99.2 cm³/mol. The van der Waals surface area contributed by atoms with Crippen LogP contribution in [0.25, 0.3) is 0 Å². The first-order valence-corrected chi connectivity index (χ1v) is 9.32. The summed E-state index contributed by atoms with van der Waals surface area (Å²) in [7, 11) is 0. The molecule has 2 N–H and O–H groups in total. The van der Waals surface area contributed by atoms with Gasteiger partial charge in [-0.3, -0.25) is 4.79 Å². The lowest BCUT2D eigenvalue weighted by Crippen LogP contribution is -2.68. The molecule has 32 heavy (non-hydrogen) atoms. The van der Waals surface area contributed by atoms with Crippen molar-refractivity contribution in [1.82, 2.24) is 10.3 Å². The van der Waals surface area contributed by atoms with Crippen LogP contribution in [0.4, 0.5) is 45.2 Å². The number of carbonyl (C=O) groups is 1. The number of hydrogen-bond acceptors (Lipinski definition) is 3. The van der Waals surface area contributed by atoms with Gasteiger partial charge in [-0.1, -0.05) is 11.6 Å². The fourth-order valence-electron chi connectivity index (χ4n) is 2.21. The highest BCUT2D eigenvalue weighted by Crippen LogP contribution is 2.54. The van der Waals surface area contributed by atoms with E-state index in [1.54, 1.807) is 5.32 Å². The molecule has 0 radical (unpaired) electrons. The van der Waals surface area contributed by atoms with Crippen molar-refractivity contribution in [3.8, 4) is 0 Å². The first-order chi connectivity index (χ1) is 14.5. The molecular formula is C17H10BrClF9N3O. The Morgan fingerprint density at radius 1 is 0.906 bits per heavy atom. The average molecular weight is 559 g/mol. The molecule has 1 amide bonds. The standard InChI is InChI=1S/C17H10BrClF9N3O/c18-8-1-6-11(29-7-8)12(32)31-13(30-10-4-2-9(19)3-5-10)14(20,21)15(22,23)16(24,25)17(26,27)28/h1-7,13,30H,(H,31,32). The number of hydrogen-bond donors (Lipinski definition) is 2. The van der Waals surface area contributed by atoms with Crippen LogP contribution in [-0.2, 0) is 0 Å². The number of anilines is 1. The van der Waals surface area contributed by atoms with Gasteiger partial charge in [0.1, 0.15) is 5.69 Å². The van der Waals surface area contributed by atoms with Gasteiger partial charge in [-0.05, 0) is 52.3 Å². The molecule has 0 aliphatic carbocycles. The van der Waals surface area contributed by atoms with Crippen LogP contribution in [-0.4, -0.2) is 41.0 Å². The molecule has 1 unspecified atom stereocenters. The van der Waals surface area contributed by atoms with E-state index >= 15 is 0 Å². The van der Waals surface area contributed by atoms with Gasteiger partial charge in [0.15, 0.2) is 6.17 Å². The molecule has 1 aromatic carbocycles. The van der Waals surface area contributed by atoms with Crippen molar-refractivity contribution in [2.45, 2.75) is 30.1 Å². The van der Waals surface area contributed by atoms with Gasteiger partial charge in [-0.25, -0.2) is 4.98 Å². The molecule has 0 saturated carbocycles. The van der Waals surface area contributed by atoms with Crippen molar-refractivity contribution in [3.05, 3.63) is 57.8 Å². The molecule has 1 aromatic heterocycles. The smallest absolute Gasteiger partial charge is 0.360 e. The molecule has 176 valence electrons. The zero-order chi connectivity index (χ0) is 24.5. The Labute approximate surface area is 187 Å². The van der Waals surface area contributed by atoms with E-state index in [1.165, 1.54) is 11.4 Å². The summed E-state index contributed by atoms with van der Waals surface area (Å²) in [4.78, 5) is 15.7. The molecule has 0 fully saturated rings. The highest BCUT2D eigenvalue weighted by Gasteiger charge is 2.83. The molecule has 0 aliphatic rings. The van der Waals surface area contributed by atoms with Crippen LogP contribution in [0.2, 0.25) is 5.02 Å². The van der Waals surface area contributed by atoms with Crippen LogP contribution in [0, 0.1) is 0 Å². The van der Waals surface area contributed by atoms with Gasteiger partial charge in [0, 0.05) is 21.4 Å². The minimum absolute atomic E-state index is 0.0656. The van der Waals surface area contributed by atoms with Crippen LogP contribution in [0.3, 0.4) is 0 Å². The van der Waals surface area contributed by atoms with Crippen molar-refractivity contribution >= 4 is 39.1 Å². The Balaban J connectivity index is 2.48. The molecule has 2 rings (SSSR count). The maximum Gasteiger partial charge on any atom is 0.460 e. The number of nitrogens with one attached hydrogen (secondary N) is 2. The second-order valence-corrected chi connectivity index (χ2v) is 7.54. The molecule has 1 atom stereocenters. The summed E-state index contributed by atoms with van der Waals surface area (Å²) >= 11 is 8.56. The van der Waals surface area contributed by atoms with E-state index in [9.17, 15) is 44.3 Å². The summed E-state index contributed by atoms with van der Waals surface area (Å²) in [5.41, 5.74) is -1.06. The van der Waals surface area contributed by atoms with E-state index < -0.39 is 47.4 Å². The summed E-state index contributed by atoms with van der Waals surface area (Å²) < 4.78 is 121. The Kier molecular flexibility index (Phi) is 7.29. The topological polar surface area (TPSA) is 54.0 Å². The number of benzene rings is 1. The zero-order valence-electron chi connectivity index (χ0n) is 15.1. The fourth-order valence-corrected chi connectivity index (χ4v) is 2.57. The quantitative estimate of drug-likeness (QED) is 0.318. The van der Waals surface area contributed by atoms with Crippen molar-refractivity contribution in [1.29, 1.82) is 0 Å². The van der Waals surface area contributed by atoms with Crippen molar-refractivity contribution in [2.24, 2.45) is 0 Å². The summed E-state index contributed by atoms with van der Waals surface area (Å²) in [5, 5.41) is 2.99. The largest absolute Gasteiger partial charge is 0.460 e. The number of nitrogens with zero attached hydrogens (tertiary/aromatic N) is 1. The van der Waals surface area contributed by atoms with Crippen LogP contribution in [0.1, 0.15) is 10.5 Å². The summed E-state index contributed by atoms with van der Waals surface area (Å²) in [6.45, 7) is 0. The minimum atomic E-state index is -7.13. The van der Waals surface area contributed by atoms with Gasteiger partial charge < -0.3 is 10.6 Å². The molecule has 15 heteroatoms. The number of rotatable bonds is 7. The number of amides is 1. The Morgan fingerprint density at radius 3 is 1.94 bits per heavy atom. The van der Waals surface area contributed by atoms with E-state index in [-0.39, 0.29) is 5.02 Å². The lowest BCUT2D eigenvalue weighted by Gasteiger charge is -2.38. The van der Waals surface area contributed by atoms with Gasteiger partial charge in [-0.15, -0.1) is 0 Å². The van der Waals surface area contributed by atoms with Crippen molar-refractivity contribution < 1.29 is 44.3 Å². The SMILES string of the molecule is O=C(NC(Nc1ccc(Cl)cc1)C(F)(F)C(F)(F)C(F)(F)C(F)(F)F)c1ccc(Br)cn1. The van der Waals surface area contributed by atoms with Gasteiger partial charge in [-0.2, -0.15) is 39.5 Å². The first-order valence-electron chi connectivity index (χ1n) is 8.15. The van der Waals surface area contributed by atoms with Gasteiger partial charge in [0.05, 0.1) is 0 Å². The fraction of sp³-hybridized carbons (Fsp3) is 0.294. The normalized spacial score (nSPS) is 14.1. The van der Waals surface area contributed by atoms with Crippen LogP contribution in [0.5, 0.6) is 0 Å². The average Bonchev–Trinajstić information content (AvgIpc) is 2.68. The highest BCUT2D eigenvalue weighted by molar-refractivity contribution is 9.10. The molecule has 1 heterocycles. The maximum atomic E-state index is 14.5. The molecule has 4 nitrogen and oxygen atoms in total. The second kappa shape index (κ2) is 8.96. The Morgan fingerprint density at radius 2 is 1.47 bits per heavy atom. The van der Waals surface area contributed by atoms with E-state index in [2.05, 4.69) is 20.9 Å². The third kappa shape index (κ3) is 5.05. The van der Waals surface area contributed by atoms with E-state index in [4.69, 9.17) is 11.6 Å². The first kappa shape index (κ1) is 26.0. The molecule has 0 saturated heterocycles. The van der Waals surface area contributed by atoms with Gasteiger partial charge in [0.2, 0.25) is 0 Å².